The Morgan fingerprint density at radius 1 is 1.71 bits per heavy atom. The fourth-order valence-corrected chi connectivity index (χ4v) is 0.583. The molecule has 0 radical (unpaired) electrons. The normalized spacial score (nSPS) is 29.6. The van der Waals surface area contributed by atoms with E-state index < -0.39 is 5.60 Å². The van der Waals surface area contributed by atoms with E-state index in [2.05, 4.69) is 0 Å². The van der Waals surface area contributed by atoms with Crippen LogP contribution in [0.1, 0.15) is 19.8 Å². The molecule has 1 atom stereocenters. The van der Waals surface area contributed by atoms with Crippen LogP contribution in [-0.4, -0.2) is 16.7 Å². The van der Waals surface area contributed by atoms with Crippen LogP contribution in [0.3, 0.4) is 0 Å². The highest BCUT2D eigenvalue weighted by atomic mass is 16.3. The van der Waals surface area contributed by atoms with Crippen LogP contribution in [0, 0.1) is 0 Å². The van der Waals surface area contributed by atoms with Crippen molar-refractivity contribution in [2.24, 2.45) is 5.73 Å². The maximum atomic E-state index is 9.08. The maximum absolute atomic E-state index is 9.08. The Labute approximate surface area is 43.3 Å². The summed E-state index contributed by atoms with van der Waals surface area (Å²) >= 11 is 0. The van der Waals surface area contributed by atoms with E-state index in [1.54, 1.807) is 0 Å². The van der Waals surface area contributed by atoms with Crippen LogP contribution in [0.5, 0.6) is 0 Å². The van der Waals surface area contributed by atoms with Crippen LogP contribution in [0.4, 0.5) is 0 Å². The maximum Gasteiger partial charge on any atom is 0.0797 e. The quantitative estimate of drug-likeness (QED) is 0.483. The van der Waals surface area contributed by atoms with Gasteiger partial charge in [-0.05, 0) is 19.8 Å². The Morgan fingerprint density at radius 3 is 2.14 bits per heavy atom. The molecule has 2 heteroatoms. The van der Waals surface area contributed by atoms with Crippen molar-refractivity contribution in [2.75, 3.05) is 0 Å². The van der Waals surface area contributed by atoms with Crippen LogP contribution in [0.15, 0.2) is 0 Å². The van der Waals surface area contributed by atoms with Gasteiger partial charge < -0.3 is 10.8 Å². The monoisotopic (exact) mass is 101 g/mol. The number of hydrogen-bond donors (Lipinski definition) is 2. The minimum Gasteiger partial charge on any atom is -0.388 e. The van der Waals surface area contributed by atoms with Crippen molar-refractivity contribution in [3.8, 4) is 0 Å². The van der Waals surface area contributed by atoms with Crippen molar-refractivity contribution in [3.63, 3.8) is 0 Å². The Balaban J connectivity index is 2.39. The zero-order chi connectivity index (χ0) is 5.49. The van der Waals surface area contributed by atoms with Crippen molar-refractivity contribution < 1.29 is 5.11 Å². The number of nitrogens with two attached hydrogens (primary N) is 1. The lowest BCUT2D eigenvalue weighted by molar-refractivity contribution is 0.126. The van der Waals surface area contributed by atoms with Gasteiger partial charge in [0.1, 0.15) is 0 Å². The molecular weight excluding hydrogens is 90.1 g/mol. The third-order valence-corrected chi connectivity index (χ3v) is 1.61. The molecule has 1 aliphatic rings. The van der Waals surface area contributed by atoms with Gasteiger partial charge in [0.2, 0.25) is 0 Å². The first-order valence-electron chi connectivity index (χ1n) is 2.63. The first-order chi connectivity index (χ1) is 3.15. The van der Waals surface area contributed by atoms with Gasteiger partial charge in [-0.1, -0.05) is 0 Å². The molecule has 0 unspecified atom stereocenters. The summed E-state index contributed by atoms with van der Waals surface area (Å²) in [5.41, 5.74) is 4.91. The average molecular weight is 101 g/mol. The van der Waals surface area contributed by atoms with Gasteiger partial charge >= 0.3 is 0 Å². The van der Waals surface area contributed by atoms with E-state index >= 15 is 0 Å². The topological polar surface area (TPSA) is 46.2 Å². The molecule has 0 aromatic heterocycles. The summed E-state index contributed by atoms with van der Waals surface area (Å²) in [7, 11) is 0. The molecule has 0 amide bonds. The van der Waals surface area contributed by atoms with Crippen molar-refractivity contribution >= 4 is 0 Å². The predicted octanol–water partition coefficient (Wildman–Crippen LogP) is -0.142. The molecule has 7 heavy (non-hydrogen) atoms. The Bertz CT molecular complexity index is 76.1. The summed E-state index contributed by atoms with van der Waals surface area (Å²) in [5, 5.41) is 9.08. The van der Waals surface area contributed by atoms with E-state index in [1.807, 2.05) is 6.92 Å². The smallest absolute Gasteiger partial charge is 0.0797 e. The second-order valence-corrected chi connectivity index (χ2v) is 2.39. The van der Waals surface area contributed by atoms with Gasteiger partial charge in [0.05, 0.1) is 5.60 Å². The lowest BCUT2D eigenvalue weighted by Crippen LogP contribution is -2.32. The molecule has 1 aliphatic carbocycles. The number of hydrogen-bond acceptors (Lipinski definition) is 2. The SMILES string of the molecule is C[C@H](N)C1(O)CC1. The van der Waals surface area contributed by atoms with E-state index in [4.69, 9.17) is 10.8 Å². The predicted molar refractivity (Wildman–Crippen MR) is 27.8 cm³/mol. The Kier molecular flexibility index (Phi) is 0.869. The molecule has 42 valence electrons. The van der Waals surface area contributed by atoms with Crippen LogP contribution in [0.25, 0.3) is 0 Å². The first-order valence-corrected chi connectivity index (χ1v) is 2.63. The molecule has 0 aliphatic heterocycles. The van der Waals surface area contributed by atoms with E-state index in [9.17, 15) is 0 Å². The summed E-state index contributed by atoms with van der Waals surface area (Å²) < 4.78 is 0. The third kappa shape index (κ3) is 0.763. The zero-order valence-corrected chi connectivity index (χ0v) is 4.52. The van der Waals surface area contributed by atoms with Crippen LogP contribution >= 0.6 is 0 Å². The molecule has 1 saturated carbocycles. The highest BCUT2D eigenvalue weighted by molar-refractivity contribution is 4.99. The fraction of sp³-hybridized carbons (Fsp3) is 1.00. The standard InChI is InChI=1S/C5H11NO/c1-4(6)5(7)2-3-5/h4,7H,2-3,6H2,1H3/t4-/m0/s1. The van der Waals surface area contributed by atoms with E-state index in [1.165, 1.54) is 0 Å². The molecule has 0 bridgehead atoms. The number of aliphatic hydroxyl groups is 1. The summed E-state index contributed by atoms with van der Waals surface area (Å²) in [4.78, 5) is 0. The summed E-state index contributed by atoms with van der Waals surface area (Å²) in [6, 6.07) is -0.0347. The minimum absolute atomic E-state index is 0.0347. The molecule has 0 heterocycles. The minimum atomic E-state index is -0.472. The van der Waals surface area contributed by atoms with Crippen molar-refractivity contribution in [3.05, 3.63) is 0 Å². The molecule has 3 N–H and O–H groups in total. The molecular formula is C5H11NO. The van der Waals surface area contributed by atoms with Gasteiger partial charge in [0.25, 0.3) is 0 Å². The van der Waals surface area contributed by atoms with Gasteiger partial charge in [-0.3, -0.25) is 0 Å². The molecule has 0 aromatic rings. The zero-order valence-electron chi connectivity index (χ0n) is 4.52. The Hall–Kier alpha value is -0.0800. The summed E-state index contributed by atoms with van der Waals surface area (Å²) in [6.45, 7) is 1.84. The van der Waals surface area contributed by atoms with Crippen LogP contribution in [0.2, 0.25) is 0 Å². The lowest BCUT2D eigenvalue weighted by atomic mass is 10.2. The van der Waals surface area contributed by atoms with E-state index in [0.717, 1.165) is 12.8 Å². The highest BCUT2D eigenvalue weighted by Crippen LogP contribution is 2.36. The molecule has 1 fully saturated rings. The van der Waals surface area contributed by atoms with Gasteiger partial charge in [-0.15, -0.1) is 0 Å². The summed E-state index contributed by atoms with van der Waals surface area (Å²) in [6.07, 6.45) is 1.79. The molecule has 1 rings (SSSR count). The van der Waals surface area contributed by atoms with Gasteiger partial charge in [0, 0.05) is 6.04 Å². The van der Waals surface area contributed by atoms with Crippen molar-refractivity contribution in [2.45, 2.75) is 31.4 Å². The van der Waals surface area contributed by atoms with Crippen LogP contribution < -0.4 is 5.73 Å². The molecule has 0 spiro atoms. The lowest BCUT2D eigenvalue weighted by Gasteiger charge is -2.09. The van der Waals surface area contributed by atoms with E-state index in [-0.39, 0.29) is 6.04 Å². The average Bonchev–Trinajstić information content (AvgIpc) is 2.21. The first kappa shape index (κ1) is 5.06. The van der Waals surface area contributed by atoms with Gasteiger partial charge in [0.15, 0.2) is 0 Å². The number of rotatable bonds is 1. The van der Waals surface area contributed by atoms with Crippen molar-refractivity contribution in [1.29, 1.82) is 0 Å². The second-order valence-electron chi connectivity index (χ2n) is 2.39. The highest BCUT2D eigenvalue weighted by Gasteiger charge is 2.43. The molecule has 0 aromatic carbocycles. The van der Waals surface area contributed by atoms with Crippen molar-refractivity contribution in [1.82, 2.24) is 0 Å². The van der Waals surface area contributed by atoms with Gasteiger partial charge in [-0.25, -0.2) is 0 Å². The Morgan fingerprint density at radius 2 is 2.14 bits per heavy atom. The second kappa shape index (κ2) is 1.20. The molecule has 0 saturated heterocycles. The van der Waals surface area contributed by atoms with Gasteiger partial charge in [-0.2, -0.15) is 0 Å². The van der Waals surface area contributed by atoms with Crippen LogP contribution in [-0.2, 0) is 0 Å². The largest absolute Gasteiger partial charge is 0.388 e. The third-order valence-electron chi connectivity index (χ3n) is 1.61. The molecule has 2 nitrogen and oxygen atoms in total. The van der Waals surface area contributed by atoms with E-state index in [0.29, 0.717) is 0 Å². The fourth-order valence-electron chi connectivity index (χ4n) is 0.583. The summed E-state index contributed by atoms with van der Waals surface area (Å²) in [5.74, 6) is 0.